The van der Waals surface area contributed by atoms with Gasteiger partial charge in [0.2, 0.25) is 17.8 Å². The van der Waals surface area contributed by atoms with E-state index in [1.807, 2.05) is 6.20 Å². The minimum Gasteiger partial charge on any atom is -0.337 e. The van der Waals surface area contributed by atoms with E-state index < -0.39 is 0 Å². The molecule has 2 aliphatic rings. The Labute approximate surface area is 122 Å². The van der Waals surface area contributed by atoms with Crippen LogP contribution in [0.2, 0.25) is 0 Å². The molecule has 8 nitrogen and oxygen atoms in total. The van der Waals surface area contributed by atoms with Crippen molar-refractivity contribution in [2.24, 2.45) is 11.8 Å². The second-order valence-corrected chi connectivity index (χ2v) is 5.70. The van der Waals surface area contributed by atoms with E-state index in [1.165, 1.54) is 25.7 Å². The van der Waals surface area contributed by atoms with E-state index in [1.54, 1.807) is 17.1 Å². The average molecular weight is 286 g/mol. The van der Waals surface area contributed by atoms with Gasteiger partial charge in [0, 0.05) is 25.0 Å². The minimum atomic E-state index is 0.380. The van der Waals surface area contributed by atoms with E-state index >= 15 is 0 Å². The maximum absolute atomic E-state index is 5.50. The molecule has 2 saturated carbocycles. The summed E-state index contributed by atoms with van der Waals surface area (Å²) in [6, 6.07) is 0.564. The van der Waals surface area contributed by atoms with Crippen molar-refractivity contribution in [1.82, 2.24) is 24.5 Å². The van der Waals surface area contributed by atoms with Crippen LogP contribution in [0.5, 0.6) is 0 Å². The lowest BCUT2D eigenvalue weighted by molar-refractivity contribution is 0.690. The van der Waals surface area contributed by atoms with Gasteiger partial charge < -0.3 is 4.90 Å². The molecule has 21 heavy (non-hydrogen) atoms. The summed E-state index contributed by atoms with van der Waals surface area (Å²) in [5.41, 5.74) is 2.53. The predicted octanol–water partition coefficient (Wildman–Crippen LogP) is 0.722. The van der Waals surface area contributed by atoms with Crippen molar-refractivity contribution in [1.29, 1.82) is 0 Å². The molecule has 4 rings (SSSR count). The Morgan fingerprint density at radius 2 is 2.10 bits per heavy atom. The number of hydrogen-bond acceptors (Lipinski definition) is 7. The van der Waals surface area contributed by atoms with Crippen LogP contribution in [0.3, 0.4) is 0 Å². The fourth-order valence-electron chi connectivity index (χ4n) is 2.40. The summed E-state index contributed by atoms with van der Waals surface area (Å²) in [5.74, 6) is 7.90. The zero-order valence-corrected chi connectivity index (χ0v) is 11.7. The van der Waals surface area contributed by atoms with Crippen LogP contribution in [0.25, 0.3) is 5.95 Å². The lowest BCUT2D eigenvalue weighted by Crippen LogP contribution is -2.31. The highest BCUT2D eigenvalue weighted by molar-refractivity contribution is 5.42. The Balaban J connectivity index is 1.70. The molecule has 8 heteroatoms. The maximum Gasteiger partial charge on any atom is 0.243 e. The highest BCUT2D eigenvalue weighted by atomic mass is 15.4. The summed E-state index contributed by atoms with van der Waals surface area (Å²) >= 11 is 0. The van der Waals surface area contributed by atoms with Gasteiger partial charge in [-0.3, -0.25) is 9.99 Å². The summed E-state index contributed by atoms with van der Waals surface area (Å²) < 4.78 is 1.76. The van der Waals surface area contributed by atoms with Crippen LogP contribution in [0, 0.1) is 5.92 Å². The molecule has 2 fully saturated rings. The topological polar surface area (TPSA) is 97.8 Å². The standard InChI is InChI=1S/C13H18N8/c14-19-11-16-12(20-6-5-15-8-20)18-13(17-11)21(10-3-4-10)7-9-1-2-9/h5-6,8-10H,1-4,7,14H2,(H,16,17,18,19). The third kappa shape index (κ3) is 2.66. The Bertz CT molecular complexity index is 617. The van der Waals surface area contributed by atoms with Gasteiger partial charge in [0.05, 0.1) is 0 Å². The molecule has 0 aromatic carbocycles. The molecular formula is C13H18N8. The first-order valence-electron chi connectivity index (χ1n) is 7.31. The second-order valence-electron chi connectivity index (χ2n) is 5.70. The molecule has 0 aliphatic heterocycles. The SMILES string of the molecule is NNc1nc(N(CC2CC2)C2CC2)nc(-n2ccnc2)n1. The molecule has 0 atom stereocenters. The number of nitrogens with two attached hydrogens (primary N) is 1. The third-order valence-corrected chi connectivity index (χ3v) is 3.87. The van der Waals surface area contributed by atoms with E-state index in [4.69, 9.17) is 5.84 Å². The molecule has 2 heterocycles. The van der Waals surface area contributed by atoms with Gasteiger partial charge in [-0.05, 0) is 31.6 Å². The molecular weight excluding hydrogens is 268 g/mol. The highest BCUT2D eigenvalue weighted by Crippen LogP contribution is 2.36. The fourth-order valence-corrected chi connectivity index (χ4v) is 2.40. The molecule has 3 N–H and O–H groups in total. The van der Waals surface area contributed by atoms with Crippen molar-refractivity contribution in [2.45, 2.75) is 31.7 Å². The second kappa shape index (κ2) is 4.96. The molecule has 2 aliphatic carbocycles. The van der Waals surface area contributed by atoms with Crippen molar-refractivity contribution in [3.05, 3.63) is 18.7 Å². The predicted molar refractivity (Wildman–Crippen MR) is 77.9 cm³/mol. The normalized spacial score (nSPS) is 17.8. The van der Waals surface area contributed by atoms with Crippen LogP contribution in [-0.4, -0.2) is 37.1 Å². The lowest BCUT2D eigenvalue weighted by Gasteiger charge is -2.22. The minimum absolute atomic E-state index is 0.380. The number of rotatable bonds is 6. The molecule has 2 aromatic heterocycles. The van der Waals surface area contributed by atoms with Gasteiger partial charge in [-0.15, -0.1) is 0 Å². The van der Waals surface area contributed by atoms with Crippen molar-refractivity contribution in [3.63, 3.8) is 0 Å². The highest BCUT2D eigenvalue weighted by Gasteiger charge is 2.35. The van der Waals surface area contributed by atoms with Gasteiger partial charge in [-0.1, -0.05) is 0 Å². The summed E-state index contributed by atoms with van der Waals surface area (Å²) in [5, 5.41) is 0. The van der Waals surface area contributed by atoms with E-state index in [0.29, 0.717) is 23.9 Å². The third-order valence-electron chi connectivity index (χ3n) is 3.87. The molecule has 0 unspecified atom stereocenters. The molecule has 110 valence electrons. The van der Waals surface area contributed by atoms with Crippen LogP contribution in [0.1, 0.15) is 25.7 Å². The summed E-state index contributed by atoms with van der Waals surface area (Å²) in [4.78, 5) is 19.7. The Morgan fingerprint density at radius 1 is 1.24 bits per heavy atom. The Morgan fingerprint density at radius 3 is 2.71 bits per heavy atom. The van der Waals surface area contributed by atoms with Crippen LogP contribution < -0.4 is 16.2 Å². The monoisotopic (exact) mass is 286 g/mol. The summed E-state index contributed by atoms with van der Waals surface area (Å²) in [6.45, 7) is 1.03. The molecule has 2 aromatic rings. The van der Waals surface area contributed by atoms with Crippen molar-refractivity contribution in [3.8, 4) is 5.95 Å². The van der Waals surface area contributed by atoms with Crippen molar-refractivity contribution in [2.75, 3.05) is 16.9 Å². The number of nitrogens with zero attached hydrogens (tertiary/aromatic N) is 6. The first-order valence-corrected chi connectivity index (χ1v) is 7.31. The maximum atomic E-state index is 5.50. The smallest absolute Gasteiger partial charge is 0.243 e. The number of hydrogen-bond donors (Lipinski definition) is 2. The zero-order valence-electron chi connectivity index (χ0n) is 11.7. The molecule has 0 spiro atoms. The first kappa shape index (κ1) is 12.5. The number of nitrogen functional groups attached to an aromatic ring is 1. The first-order chi connectivity index (χ1) is 10.3. The van der Waals surface area contributed by atoms with Crippen molar-refractivity contribution >= 4 is 11.9 Å². The largest absolute Gasteiger partial charge is 0.337 e. The molecule has 0 bridgehead atoms. The Kier molecular flexibility index (Phi) is 2.95. The van der Waals surface area contributed by atoms with Crippen LogP contribution in [0.4, 0.5) is 11.9 Å². The number of aromatic nitrogens is 5. The van der Waals surface area contributed by atoms with Gasteiger partial charge in [-0.25, -0.2) is 10.8 Å². The zero-order chi connectivity index (χ0) is 14.2. The van der Waals surface area contributed by atoms with Crippen LogP contribution in [-0.2, 0) is 0 Å². The quantitative estimate of drug-likeness (QED) is 0.596. The molecule has 0 radical (unpaired) electrons. The number of nitrogens with one attached hydrogen (secondary N) is 1. The molecule has 0 amide bonds. The Hall–Kier alpha value is -2.22. The number of anilines is 2. The van der Waals surface area contributed by atoms with E-state index in [0.717, 1.165) is 12.5 Å². The van der Waals surface area contributed by atoms with Crippen LogP contribution >= 0.6 is 0 Å². The van der Waals surface area contributed by atoms with Gasteiger partial charge in [0.15, 0.2) is 0 Å². The summed E-state index contributed by atoms with van der Waals surface area (Å²) in [6.07, 6.45) is 10.2. The van der Waals surface area contributed by atoms with Crippen molar-refractivity contribution < 1.29 is 0 Å². The van der Waals surface area contributed by atoms with Crippen LogP contribution in [0.15, 0.2) is 18.7 Å². The average Bonchev–Trinajstić information content (AvgIpc) is 3.44. The number of imidazole rings is 1. The van der Waals surface area contributed by atoms with E-state index in [-0.39, 0.29) is 0 Å². The van der Waals surface area contributed by atoms with E-state index in [2.05, 4.69) is 30.3 Å². The van der Waals surface area contributed by atoms with Gasteiger partial charge in [-0.2, -0.15) is 15.0 Å². The molecule has 0 saturated heterocycles. The number of hydrazine groups is 1. The summed E-state index contributed by atoms with van der Waals surface area (Å²) in [7, 11) is 0. The van der Waals surface area contributed by atoms with Gasteiger partial charge in [0.25, 0.3) is 0 Å². The van der Waals surface area contributed by atoms with Gasteiger partial charge >= 0.3 is 0 Å². The lowest BCUT2D eigenvalue weighted by atomic mass is 10.3. The van der Waals surface area contributed by atoms with Gasteiger partial charge in [0.1, 0.15) is 6.33 Å². The fraction of sp³-hybridized carbons (Fsp3) is 0.538. The van der Waals surface area contributed by atoms with E-state index in [9.17, 15) is 0 Å².